The monoisotopic (exact) mass is 351 g/mol. The SMILES string of the molecule is CC(=O)c1ccc(OCCCC(=O)NC(c2ccccc2)C2CC2)cc1. The molecule has 0 radical (unpaired) electrons. The first-order valence-electron chi connectivity index (χ1n) is 9.21. The van der Waals surface area contributed by atoms with E-state index in [2.05, 4.69) is 17.4 Å². The molecule has 0 bridgehead atoms. The highest BCUT2D eigenvalue weighted by Crippen LogP contribution is 2.40. The van der Waals surface area contributed by atoms with Crippen molar-refractivity contribution in [3.05, 3.63) is 65.7 Å². The molecule has 136 valence electrons. The van der Waals surface area contributed by atoms with Gasteiger partial charge in [-0.2, -0.15) is 0 Å². The fraction of sp³-hybridized carbons (Fsp3) is 0.364. The van der Waals surface area contributed by atoms with E-state index < -0.39 is 0 Å². The Morgan fingerprint density at radius 2 is 1.77 bits per heavy atom. The molecule has 1 saturated carbocycles. The van der Waals surface area contributed by atoms with Crippen LogP contribution in [0.15, 0.2) is 54.6 Å². The van der Waals surface area contributed by atoms with Gasteiger partial charge in [0.05, 0.1) is 12.6 Å². The lowest BCUT2D eigenvalue weighted by atomic mass is 10.0. The van der Waals surface area contributed by atoms with Crippen molar-refractivity contribution in [1.29, 1.82) is 0 Å². The largest absolute Gasteiger partial charge is 0.494 e. The Kier molecular flexibility index (Phi) is 6.05. The molecule has 2 aromatic carbocycles. The van der Waals surface area contributed by atoms with Crippen molar-refractivity contribution >= 4 is 11.7 Å². The molecule has 0 heterocycles. The Labute approximate surface area is 154 Å². The van der Waals surface area contributed by atoms with Crippen molar-refractivity contribution in [3.63, 3.8) is 0 Å². The van der Waals surface area contributed by atoms with Crippen LogP contribution in [0.5, 0.6) is 5.75 Å². The molecule has 2 aromatic rings. The molecule has 0 aromatic heterocycles. The summed E-state index contributed by atoms with van der Waals surface area (Å²) in [7, 11) is 0. The summed E-state index contributed by atoms with van der Waals surface area (Å²) < 4.78 is 5.65. The summed E-state index contributed by atoms with van der Waals surface area (Å²) in [5, 5.41) is 3.18. The predicted octanol–water partition coefficient (Wildman–Crippen LogP) is 4.32. The van der Waals surface area contributed by atoms with Crippen LogP contribution < -0.4 is 10.1 Å². The van der Waals surface area contributed by atoms with Gasteiger partial charge in [0.25, 0.3) is 0 Å². The first-order chi connectivity index (χ1) is 12.6. The van der Waals surface area contributed by atoms with Gasteiger partial charge < -0.3 is 10.1 Å². The number of carbonyl (C=O) groups is 2. The standard InChI is InChI=1S/C22H25NO3/c1-16(24)17-11-13-20(14-12-17)26-15-5-8-21(25)23-22(19-9-10-19)18-6-3-2-4-7-18/h2-4,6-7,11-14,19,22H,5,8-10,15H2,1H3,(H,23,25). The summed E-state index contributed by atoms with van der Waals surface area (Å²) in [6.07, 6.45) is 3.46. The first kappa shape index (κ1) is 18.2. The smallest absolute Gasteiger partial charge is 0.220 e. The number of nitrogens with one attached hydrogen (secondary N) is 1. The molecule has 1 atom stereocenters. The van der Waals surface area contributed by atoms with Gasteiger partial charge in [0.1, 0.15) is 5.75 Å². The van der Waals surface area contributed by atoms with E-state index in [1.165, 1.54) is 18.4 Å². The number of amides is 1. The van der Waals surface area contributed by atoms with E-state index in [0.29, 0.717) is 30.9 Å². The third-order valence-electron chi connectivity index (χ3n) is 4.65. The van der Waals surface area contributed by atoms with Gasteiger partial charge in [0, 0.05) is 12.0 Å². The second-order valence-electron chi connectivity index (χ2n) is 6.83. The molecule has 3 rings (SSSR count). The van der Waals surface area contributed by atoms with Gasteiger partial charge in [-0.3, -0.25) is 9.59 Å². The second kappa shape index (κ2) is 8.65. The lowest BCUT2D eigenvalue weighted by Gasteiger charge is -2.19. The fourth-order valence-corrected chi connectivity index (χ4v) is 3.02. The molecule has 0 aliphatic heterocycles. The van der Waals surface area contributed by atoms with Gasteiger partial charge >= 0.3 is 0 Å². The zero-order valence-electron chi connectivity index (χ0n) is 15.1. The van der Waals surface area contributed by atoms with E-state index in [1.54, 1.807) is 31.2 Å². The molecule has 1 aliphatic carbocycles. The highest BCUT2D eigenvalue weighted by molar-refractivity contribution is 5.94. The van der Waals surface area contributed by atoms with E-state index in [9.17, 15) is 9.59 Å². The Morgan fingerprint density at radius 1 is 1.08 bits per heavy atom. The normalized spacial score (nSPS) is 14.5. The molecule has 1 amide bonds. The van der Waals surface area contributed by atoms with Gasteiger partial charge in [0.2, 0.25) is 5.91 Å². The lowest BCUT2D eigenvalue weighted by molar-refractivity contribution is -0.122. The molecule has 0 saturated heterocycles. The van der Waals surface area contributed by atoms with Crippen LogP contribution in [0, 0.1) is 5.92 Å². The van der Waals surface area contributed by atoms with E-state index in [-0.39, 0.29) is 17.7 Å². The van der Waals surface area contributed by atoms with Gasteiger partial charge in [-0.25, -0.2) is 0 Å². The molecular formula is C22H25NO3. The average Bonchev–Trinajstić information content (AvgIpc) is 3.49. The third-order valence-corrected chi connectivity index (χ3v) is 4.65. The molecule has 0 spiro atoms. The topological polar surface area (TPSA) is 55.4 Å². The van der Waals surface area contributed by atoms with Gasteiger partial charge in [-0.05, 0) is 61.9 Å². The maximum absolute atomic E-state index is 12.3. The lowest BCUT2D eigenvalue weighted by Crippen LogP contribution is -2.29. The first-order valence-corrected chi connectivity index (χ1v) is 9.21. The second-order valence-corrected chi connectivity index (χ2v) is 6.83. The third kappa shape index (κ3) is 5.19. The van der Waals surface area contributed by atoms with Crippen LogP contribution in [-0.2, 0) is 4.79 Å². The number of hydrogen-bond donors (Lipinski definition) is 1. The van der Waals surface area contributed by atoms with Crippen molar-refractivity contribution in [1.82, 2.24) is 5.32 Å². The molecule has 1 unspecified atom stereocenters. The van der Waals surface area contributed by atoms with Crippen LogP contribution in [0.4, 0.5) is 0 Å². The van der Waals surface area contributed by atoms with Crippen molar-refractivity contribution in [2.45, 2.75) is 38.6 Å². The maximum atomic E-state index is 12.3. The number of benzene rings is 2. The minimum Gasteiger partial charge on any atom is -0.494 e. The number of hydrogen-bond acceptors (Lipinski definition) is 3. The van der Waals surface area contributed by atoms with Crippen LogP contribution >= 0.6 is 0 Å². The minimum absolute atomic E-state index is 0.0388. The zero-order valence-corrected chi connectivity index (χ0v) is 15.1. The van der Waals surface area contributed by atoms with Crippen LogP contribution in [0.1, 0.15) is 54.6 Å². The summed E-state index contributed by atoms with van der Waals surface area (Å²) >= 11 is 0. The van der Waals surface area contributed by atoms with E-state index in [0.717, 1.165) is 5.75 Å². The summed E-state index contributed by atoms with van der Waals surface area (Å²) in [4.78, 5) is 23.5. The zero-order chi connectivity index (χ0) is 18.4. The number of Topliss-reactive ketones (excluding diaryl/α,β-unsaturated/α-hetero) is 1. The Bertz CT molecular complexity index is 736. The Balaban J connectivity index is 1.41. The van der Waals surface area contributed by atoms with E-state index in [1.807, 2.05) is 18.2 Å². The van der Waals surface area contributed by atoms with Crippen LogP contribution in [0.3, 0.4) is 0 Å². The predicted molar refractivity (Wildman–Crippen MR) is 101 cm³/mol. The molecule has 1 N–H and O–H groups in total. The molecule has 1 aliphatic rings. The van der Waals surface area contributed by atoms with Crippen LogP contribution in [0.25, 0.3) is 0 Å². The molecule has 4 heteroatoms. The van der Waals surface area contributed by atoms with Crippen LogP contribution in [0.2, 0.25) is 0 Å². The van der Waals surface area contributed by atoms with Crippen molar-refractivity contribution < 1.29 is 14.3 Å². The van der Waals surface area contributed by atoms with Gasteiger partial charge in [0.15, 0.2) is 5.78 Å². The summed E-state index contributed by atoms with van der Waals surface area (Å²) in [6, 6.07) is 17.4. The van der Waals surface area contributed by atoms with Crippen molar-refractivity contribution in [2.75, 3.05) is 6.61 Å². The van der Waals surface area contributed by atoms with Gasteiger partial charge in [-0.15, -0.1) is 0 Å². The number of rotatable bonds is 9. The molecule has 4 nitrogen and oxygen atoms in total. The minimum atomic E-state index is 0.0388. The van der Waals surface area contributed by atoms with Gasteiger partial charge in [-0.1, -0.05) is 30.3 Å². The van der Waals surface area contributed by atoms with Crippen molar-refractivity contribution in [3.8, 4) is 5.75 Å². The molecule has 26 heavy (non-hydrogen) atoms. The van der Waals surface area contributed by atoms with E-state index >= 15 is 0 Å². The van der Waals surface area contributed by atoms with E-state index in [4.69, 9.17) is 4.74 Å². The number of carbonyl (C=O) groups excluding carboxylic acids is 2. The van der Waals surface area contributed by atoms with Crippen LogP contribution in [-0.4, -0.2) is 18.3 Å². The summed E-state index contributed by atoms with van der Waals surface area (Å²) in [5.74, 6) is 1.39. The maximum Gasteiger partial charge on any atom is 0.220 e. The number of ketones is 1. The molecule has 1 fully saturated rings. The van der Waals surface area contributed by atoms with Crippen molar-refractivity contribution in [2.24, 2.45) is 5.92 Å². The fourth-order valence-electron chi connectivity index (χ4n) is 3.02. The highest BCUT2D eigenvalue weighted by Gasteiger charge is 2.33. The summed E-state index contributed by atoms with van der Waals surface area (Å²) in [5.41, 5.74) is 1.86. The number of ether oxygens (including phenoxy) is 1. The quantitative estimate of drug-likeness (QED) is 0.541. The summed E-state index contributed by atoms with van der Waals surface area (Å²) in [6.45, 7) is 2.02. The Morgan fingerprint density at radius 3 is 2.38 bits per heavy atom. The molecular weight excluding hydrogens is 326 g/mol. The highest BCUT2D eigenvalue weighted by atomic mass is 16.5. The average molecular weight is 351 g/mol. The Hall–Kier alpha value is -2.62.